The average Bonchev–Trinajstić information content (AvgIpc) is 2.69. The molecule has 1 amide bonds. The van der Waals surface area contributed by atoms with Crippen molar-refractivity contribution in [2.24, 2.45) is 5.73 Å². The van der Waals surface area contributed by atoms with Gasteiger partial charge in [-0.25, -0.2) is 4.98 Å². The van der Waals surface area contributed by atoms with Crippen LogP contribution < -0.4 is 21.1 Å². The van der Waals surface area contributed by atoms with Crippen molar-refractivity contribution in [1.29, 1.82) is 0 Å². The standard InChI is InChI=1S/C18H22ClN5O5/c1-29-14-4-2-10(6-13(14)19)7-21-17-12(16(20)28)8-22-18(24-17)23-11(9-25)3-5-15(26)27/h2,4,6,8,11,25H,3,5,7,9H2,1H3,(H2,20,28)(H,26,27)(H2,21,22,23,24)/t11-/m0/s1. The molecule has 0 fully saturated rings. The normalized spacial score (nSPS) is 11.6. The summed E-state index contributed by atoms with van der Waals surface area (Å²) in [6.07, 6.45) is 1.31. The monoisotopic (exact) mass is 423 g/mol. The number of carbonyl (C=O) groups is 2. The van der Waals surface area contributed by atoms with Crippen molar-refractivity contribution in [2.75, 3.05) is 24.4 Å². The summed E-state index contributed by atoms with van der Waals surface area (Å²) in [5, 5.41) is 24.5. The van der Waals surface area contributed by atoms with Crippen molar-refractivity contribution in [2.45, 2.75) is 25.4 Å². The van der Waals surface area contributed by atoms with Crippen LogP contribution in [0.2, 0.25) is 5.02 Å². The lowest BCUT2D eigenvalue weighted by molar-refractivity contribution is -0.137. The van der Waals surface area contributed by atoms with Gasteiger partial charge in [-0.3, -0.25) is 9.59 Å². The Hall–Kier alpha value is -3.11. The van der Waals surface area contributed by atoms with Crippen LogP contribution in [0, 0.1) is 0 Å². The van der Waals surface area contributed by atoms with E-state index in [0.717, 1.165) is 5.56 Å². The summed E-state index contributed by atoms with van der Waals surface area (Å²) >= 11 is 6.12. The van der Waals surface area contributed by atoms with Gasteiger partial charge in [-0.05, 0) is 24.1 Å². The molecule has 11 heteroatoms. The van der Waals surface area contributed by atoms with Gasteiger partial charge in [0, 0.05) is 19.2 Å². The molecular formula is C18H22ClN5O5. The molecule has 0 aliphatic carbocycles. The van der Waals surface area contributed by atoms with E-state index in [2.05, 4.69) is 20.6 Å². The zero-order chi connectivity index (χ0) is 21.4. The quantitative estimate of drug-likeness (QED) is 0.360. The fraction of sp³-hybridized carbons (Fsp3) is 0.333. The molecule has 6 N–H and O–H groups in total. The number of methoxy groups -OCH3 is 1. The molecule has 1 aromatic heterocycles. The molecule has 1 aromatic carbocycles. The highest BCUT2D eigenvalue weighted by Gasteiger charge is 2.15. The Bertz CT molecular complexity index is 880. The highest BCUT2D eigenvalue weighted by molar-refractivity contribution is 6.32. The third-order valence-corrected chi connectivity index (χ3v) is 4.29. The number of benzene rings is 1. The molecule has 1 heterocycles. The first kappa shape index (κ1) is 22.2. The van der Waals surface area contributed by atoms with E-state index in [1.165, 1.54) is 13.3 Å². The molecule has 0 bridgehead atoms. The van der Waals surface area contributed by atoms with Crippen molar-refractivity contribution in [1.82, 2.24) is 9.97 Å². The number of hydrogen-bond donors (Lipinski definition) is 5. The van der Waals surface area contributed by atoms with Gasteiger partial charge in [-0.15, -0.1) is 0 Å². The van der Waals surface area contributed by atoms with Gasteiger partial charge in [0.2, 0.25) is 5.95 Å². The molecule has 2 rings (SSSR count). The number of aliphatic hydroxyl groups is 1. The topological polar surface area (TPSA) is 160 Å². The van der Waals surface area contributed by atoms with Crippen LogP contribution in [0.3, 0.4) is 0 Å². The van der Waals surface area contributed by atoms with Gasteiger partial charge >= 0.3 is 5.97 Å². The lowest BCUT2D eigenvalue weighted by Gasteiger charge is -2.17. The fourth-order valence-corrected chi connectivity index (χ4v) is 2.74. The summed E-state index contributed by atoms with van der Waals surface area (Å²) in [7, 11) is 1.52. The predicted molar refractivity (Wildman–Crippen MR) is 107 cm³/mol. The fourth-order valence-electron chi connectivity index (χ4n) is 2.46. The number of nitrogens with zero attached hydrogens (tertiary/aromatic N) is 2. The van der Waals surface area contributed by atoms with Crippen LogP contribution >= 0.6 is 11.6 Å². The van der Waals surface area contributed by atoms with E-state index in [0.29, 0.717) is 17.3 Å². The first-order valence-electron chi connectivity index (χ1n) is 8.66. The third kappa shape index (κ3) is 6.47. The Kier molecular flexibility index (Phi) is 7.98. The van der Waals surface area contributed by atoms with Gasteiger partial charge in [0.05, 0.1) is 30.3 Å². The minimum atomic E-state index is -0.976. The van der Waals surface area contributed by atoms with Crippen molar-refractivity contribution < 1.29 is 24.5 Å². The molecule has 2 aromatic rings. The largest absolute Gasteiger partial charge is 0.495 e. The van der Waals surface area contributed by atoms with Crippen LogP contribution in [-0.2, 0) is 11.3 Å². The highest BCUT2D eigenvalue weighted by Crippen LogP contribution is 2.25. The molecule has 0 spiro atoms. The second kappa shape index (κ2) is 10.4. The third-order valence-electron chi connectivity index (χ3n) is 3.99. The maximum absolute atomic E-state index is 11.7. The van der Waals surface area contributed by atoms with Gasteiger partial charge in [0.25, 0.3) is 5.91 Å². The molecule has 1 atom stereocenters. The molecule has 156 valence electrons. The number of anilines is 2. The number of aromatic nitrogens is 2. The summed E-state index contributed by atoms with van der Waals surface area (Å²) in [5.74, 6) is -0.836. The molecule has 0 aliphatic heterocycles. The molecular weight excluding hydrogens is 402 g/mol. The SMILES string of the molecule is COc1ccc(CNc2nc(N[C@H](CO)CCC(=O)O)ncc2C(N)=O)cc1Cl. The van der Waals surface area contributed by atoms with E-state index in [9.17, 15) is 14.7 Å². The number of aliphatic carboxylic acids is 1. The lowest BCUT2D eigenvalue weighted by Crippen LogP contribution is -2.26. The summed E-state index contributed by atoms with van der Waals surface area (Å²) in [4.78, 5) is 30.6. The summed E-state index contributed by atoms with van der Waals surface area (Å²) in [6, 6.07) is 4.68. The van der Waals surface area contributed by atoms with Crippen molar-refractivity contribution in [3.05, 3.63) is 40.5 Å². The zero-order valence-electron chi connectivity index (χ0n) is 15.7. The average molecular weight is 424 g/mol. The van der Waals surface area contributed by atoms with Gasteiger partial charge in [0.15, 0.2) is 0 Å². The summed E-state index contributed by atoms with van der Waals surface area (Å²) in [5.41, 5.74) is 6.28. The van der Waals surface area contributed by atoms with Crippen LogP contribution in [0.1, 0.15) is 28.8 Å². The van der Waals surface area contributed by atoms with Gasteiger partial charge in [-0.1, -0.05) is 17.7 Å². The number of carboxylic acid groups (broad SMARTS) is 1. The Morgan fingerprint density at radius 2 is 2.14 bits per heavy atom. The number of carboxylic acids is 1. The van der Waals surface area contributed by atoms with Crippen molar-refractivity contribution in [3.8, 4) is 5.75 Å². The van der Waals surface area contributed by atoms with E-state index in [1.807, 2.05) is 0 Å². The van der Waals surface area contributed by atoms with E-state index in [4.69, 9.17) is 27.2 Å². The Morgan fingerprint density at radius 3 is 2.72 bits per heavy atom. The first-order chi connectivity index (χ1) is 13.8. The molecule has 0 aliphatic rings. The number of halogens is 1. The number of nitrogens with two attached hydrogens (primary N) is 1. The zero-order valence-corrected chi connectivity index (χ0v) is 16.4. The smallest absolute Gasteiger partial charge is 0.303 e. The first-order valence-corrected chi connectivity index (χ1v) is 9.04. The molecule has 29 heavy (non-hydrogen) atoms. The van der Waals surface area contributed by atoms with Crippen LogP contribution in [-0.4, -0.2) is 51.8 Å². The minimum Gasteiger partial charge on any atom is -0.495 e. The number of rotatable bonds is 11. The van der Waals surface area contributed by atoms with Gasteiger partial charge < -0.3 is 31.3 Å². The van der Waals surface area contributed by atoms with E-state index in [-0.39, 0.29) is 36.8 Å². The van der Waals surface area contributed by atoms with Crippen molar-refractivity contribution >= 4 is 35.2 Å². The Morgan fingerprint density at radius 1 is 1.38 bits per heavy atom. The highest BCUT2D eigenvalue weighted by atomic mass is 35.5. The molecule has 0 saturated carbocycles. The summed E-state index contributed by atoms with van der Waals surface area (Å²) in [6.45, 7) is -0.00971. The Balaban J connectivity index is 2.16. The summed E-state index contributed by atoms with van der Waals surface area (Å²) < 4.78 is 5.11. The lowest BCUT2D eigenvalue weighted by atomic mass is 10.2. The van der Waals surface area contributed by atoms with Crippen LogP contribution in [0.15, 0.2) is 24.4 Å². The van der Waals surface area contributed by atoms with Gasteiger partial charge in [0.1, 0.15) is 11.6 Å². The molecule has 0 radical (unpaired) electrons. The second-order valence-electron chi connectivity index (χ2n) is 6.10. The predicted octanol–water partition coefficient (Wildman–Crippen LogP) is 1.49. The van der Waals surface area contributed by atoms with E-state index < -0.39 is 17.9 Å². The van der Waals surface area contributed by atoms with Gasteiger partial charge in [-0.2, -0.15) is 4.98 Å². The second-order valence-corrected chi connectivity index (χ2v) is 6.51. The number of nitrogens with one attached hydrogen (secondary N) is 2. The van der Waals surface area contributed by atoms with Crippen LogP contribution in [0.25, 0.3) is 0 Å². The number of carbonyl (C=O) groups excluding carboxylic acids is 1. The Labute approximate surface area is 172 Å². The number of amides is 1. The van der Waals surface area contributed by atoms with E-state index >= 15 is 0 Å². The van der Waals surface area contributed by atoms with E-state index in [1.54, 1.807) is 18.2 Å². The van der Waals surface area contributed by atoms with Crippen molar-refractivity contribution in [3.63, 3.8) is 0 Å². The number of ether oxygens (including phenoxy) is 1. The number of primary amides is 1. The number of hydrogen-bond acceptors (Lipinski definition) is 8. The molecule has 0 saturated heterocycles. The molecule has 10 nitrogen and oxygen atoms in total. The maximum atomic E-state index is 11.7. The number of aliphatic hydroxyl groups excluding tert-OH is 1. The maximum Gasteiger partial charge on any atom is 0.303 e. The molecule has 0 unspecified atom stereocenters. The minimum absolute atomic E-state index is 0.0845. The van der Waals surface area contributed by atoms with Crippen LogP contribution in [0.4, 0.5) is 11.8 Å². The van der Waals surface area contributed by atoms with Crippen LogP contribution in [0.5, 0.6) is 5.75 Å².